The van der Waals surface area contributed by atoms with Gasteiger partial charge in [-0.15, -0.1) is 0 Å². The number of halogens is 1. The maximum Gasteiger partial charge on any atom is 0.313 e. The number of allylic oxidation sites excluding steroid dienone is 2. The monoisotopic (exact) mass is 305 g/mol. The molecule has 2 unspecified atom stereocenters. The minimum Gasteiger partial charge on any atom is -0.497 e. The summed E-state index contributed by atoms with van der Waals surface area (Å²) in [4.78, 5) is 12.4. The third-order valence-corrected chi connectivity index (χ3v) is 4.67. The minimum absolute atomic E-state index is 0.609. The molecule has 4 nitrogen and oxygen atoms in total. The van der Waals surface area contributed by atoms with Crippen LogP contribution in [-0.4, -0.2) is 28.1 Å². The Labute approximate surface area is 128 Å². The lowest BCUT2D eigenvalue weighted by Gasteiger charge is -2.38. The van der Waals surface area contributed by atoms with Gasteiger partial charge in [-0.2, -0.15) is 0 Å². The van der Waals surface area contributed by atoms with Crippen LogP contribution >= 0.6 is 11.6 Å². The highest BCUT2D eigenvalue weighted by atomic mass is 35.5. The molecule has 0 bridgehead atoms. The largest absolute Gasteiger partial charge is 0.497 e. The fourth-order valence-corrected chi connectivity index (χ4v) is 3.26. The van der Waals surface area contributed by atoms with Crippen molar-refractivity contribution in [2.75, 3.05) is 7.11 Å². The summed E-state index contributed by atoms with van der Waals surface area (Å²) in [5.41, 5.74) is 2.28. The number of nitrogens with zero attached hydrogens (tertiary/aromatic N) is 1. The van der Waals surface area contributed by atoms with Gasteiger partial charge in [0, 0.05) is 13.1 Å². The number of methoxy groups -OCH3 is 1. The van der Waals surface area contributed by atoms with Crippen molar-refractivity contribution in [3.05, 3.63) is 53.6 Å². The van der Waals surface area contributed by atoms with Crippen molar-refractivity contribution in [3.8, 4) is 5.75 Å². The van der Waals surface area contributed by atoms with Crippen LogP contribution in [0.4, 0.5) is 0 Å². The summed E-state index contributed by atoms with van der Waals surface area (Å²) in [5, 5.41) is 9.42. The van der Waals surface area contributed by atoms with Gasteiger partial charge in [0.25, 0.3) is 0 Å². The molecule has 110 valence electrons. The molecular weight excluding hydrogens is 290 g/mol. The van der Waals surface area contributed by atoms with Crippen molar-refractivity contribution in [2.45, 2.75) is 18.1 Å². The molecule has 1 aromatic carbocycles. The molecule has 1 aliphatic heterocycles. The Balaban J connectivity index is 1.90. The standard InChI is InChI=1S/C16H16ClNO3/c1-21-13-6-5-11-9-18(10-12(11)8-13)16(17)7-3-2-4-14(16)15(19)20/h2-8,14H,9-10H2,1H3,(H,19,20). The summed E-state index contributed by atoms with van der Waals surface area (Å²) < 4.78 is 5.23. The highest BCUT2D eigenvalue weighted by molar-refractivity contribution is 6.26. The molecule has 1 heterocycles. The predicted molar refractivity (Wildman–Crippen MR) is 80.2 cm³/mol. The Morgan fingerprint density at radius 3 is 2.86 bits per heavy atom. The smallest absolute Gasteiger partial charge is 0.313 e. The fourth-order valence-electron chi connectivity index (χ4n) is 2.90. The SMILES string of the molecule is COc1ccc2c(c1)CN(C1(Cl)C=CC=CC1C(=O)O)C2. The van der Waals surface area contributed by atoms with Crippen LogP contribution in [-0.2, 0) is 17.9 Å². The molecule has 1 aliphatic carbocycles. The average molecular weight is 306 g/mol. The van der Waals surface area contributed by atoms with Crippen LogP contribution in [0.15, 0.2) is 42.5 Å². The third kappa shape index (κ3) is 2.34. The highest BCUT2D eigenvalue weighted by Crippen LogP contribution is 2.41. The quantitative estimate of drug-likeness (QED) is 0.689. The molecule has 1 N–H and O–H groups in total. The predicted octanol–water partition coefficient (Wildman–Crippen LogP) is 2.77. The second kappa shape index (κ2) is 5.20. The number of rotatable bonds is 3. The summed E-state index contributed by atoms with van der Waals surface area (Å²) in [6.45, 7) is 1.24. The first-order chi connectivity index (χ1) is 10.0. The van der Waals surface area contributed by atoms with Crippen LogP contribution in [0.25, 0.3) is 0 Å². The number of carboxylic acid groups (broad SMARTS) is 1. The van der Waals surface area contributed by atoms with Crippen molar-refractivity contribution in [3.63, 3.8) is 0 Å². The van der Waals surface area contributed by atoms with Crippen molar-refractivity contribution in [1.82, 2.24) is 4.90 Å². The molecule has 0 aromatic heterocycles. The molecule has 2 aliphatic rings. The molecule has 0 saturated carbocycles. The van der Waals surface area contributed by atoms with Crippen LogP contribution in [0, 0.1) is 5.92 Å². The van der Waals surface area contributed by atoms with E-state index >= 15 is 0 Å². The lowest BCUT2D eigenvalue weighted by molar-refractivity contribution is -0.142. The van der Waals surface area contributed by atoms with Gasteiger partial charge in [-0.3, -0.25) is 9.69 Å². The van der Waals surface area contributed by atoms with Gasteiger partial charge in [0.15, 0.2) is 0 Å². The van der Waals surface area contributed by atoms with Crippen molar-refractivity contribution in [2.24, 2.45) is 5.92 Å². The first-order valence-corrected chi connectivity index (χ1v) is 7.11. The Morgan fingerprint density at radius 2 is 2.14 bits per heavy atom. The zero-order valence-electron chi connectivity index (χ0n) is 11.6. The number of carbonyl (C=O) groups is 1. The number of hydrogen-bond acceptors (Lipinski definition) is 3. The summed E-state index contributed by atoms with van der Waals surface area (Å²) >= 11 is 6.68. The van der Waals surface area contributed by atoms with Crippen LogP contribution in [0.5, 0.6) is 5.75 Å². The molecule has 0 saturated heterocycles. The molecule has 0 amide bonds. The van der Waals surface area contributed by atoms with E-state index in [9.17, 15) is 9.90 Å². The summed E-state index contributed by atoms with van der Waals surface area (Å²) in [7, 11) is 1.63. The second-order valence-electron chi connectivity index (χ2n) is 5.28. The number of alkyl halides is 1. The van der Waals surface area contributed by atoms with Gasteiger partial charge in [0.1, 0.15) is 16.7 Å². The van der Waals surface area contributed by atoms with E-state index in [0.717, 1.165) is 16.9 Å². The zero-order chi connectivity index (χ0) is 15.0. The zero-order valence-corrected chi connectivity index (χ0v) is 12.4. The molecule has 1 aromatic rings. The van der Waals surface area contributed by atoms with Gasteiger partial charge in [0.2, 0.25) is 0 Å². The van der Waals surface area contributed by atoms with Crippen LogP contribution in [0.1, 0.15) is 11.1 Å². The topological polar surface area (TPSA) is 49.8 Å². The summed E-state index contributed by atoms with van der Waals surface area (Å²) in [5.74, 6) is -0.882. The summed E-state index contributed by atoms with van der Waals surface area (Å²) in [6.07, 6.45) is 6.93. The minimum atomic E-state index is -1.03. The molecule has 5 heteroatoms. The van der Waals surface area contributed by atoms with E-state index in [0.29, 0.717) is 13.1 Å². The van der Waals surface area contributed by atoms with E-state index in [2.05, 4.69) is 0 Å². The Kier molecular flexibility index (Phi) is 3.51. The van der Waals surface area contributed by atoms with Crippen LogP contribution < -0.4 is 4.74 Å². The second-order valence-corrected chi connectivity index (χ2v) is 5.88. The van der Waals surface area contributed by atoms with E-state index in [-0.39, 0.29) is 0 Å². The maximum absolute atomic E-state index is 11.5. The number of aliphatic carboxylic acids is 1. The number of hydrogen-bond donors (Lipinski definition) is 1. The first kappa shape index (κ1) is 14.2. The lowest BCUT2D eigenvalue weighted by atomic mass is 9.93. The highest BCUT2D eigenvalue weighted by Gasteiger charge is 2.46. The Morgan fingerprint density at radius 1 is 1.38 bits per heavy atom. The van der Waals surface area contributed by atoms with Crippen molar-refractivity contribution >= 4 is 17.6 Å². The van der Waals surface area contributed by atoms with Gasteiger partial charge < -0.3 is 9.84 Å². The lowest BCUT2D eigenvalue weighted by Crippen LogP contribution is -2.48. The van der Waals surface area contributed by atoms with Crippen molar-refractivity contribution < 1.29 is 14.6 Å². The number of carboxylic acids is 1. The third-order valence-electron chi connectivity index (χ3n) is 4.07. The van der Waals surface area contributed by atoms with E-state index in [1.807, 2.05) is 23.1 Å². The van der Waals surface area contributed by atoms with E-state index in [4.69, 9.17) is 16.3 Å². The normalized spacial score (nSPS) is 27.6. The van der Waals surface area contributed by atoms with Crippen LogP contribution in [0.2, 0.25) is 0 Å². The molecule has 0 fully saturated rings. The van der Waals surface area contributed by atoms with Gasteiger partial charge in [0.05, 0.1) is 7.11 Å². The first-order valence-electron chi connectivity index (χ1n) is 6.73. The Hall–Kier alpha value is -1.78. The molecule has 0 radical (unpaired) electrons. The molecule has 21 heavy (non-hydrogen) atoms. The maximum atomic E-state index is 11.5. The number of benzene rings is 1. The summed E-state index contributed by atoms with van der Waals surface area (Å²) in [6, 6.07) is 5.90. The van der Waals surface area contributed by atoms with Gasteiger partial charge in [-0.25, -0.2) is 0 Å². The van der Waals surface area contributed by atoms with Gasteiger partial charge in [-0.1, -0.05) is 35.9 Å². The molecule has 3 rings (SSSR count). The van der Waals surface area contributed by atoms with Crippen molar-refractivity contribution in [1.29, 1.82) is 0 Å². The van der Waals surface area contributed by atoms with E-state index < -0.39 is 16.9 Å². The number of ether oxygens (including phenoxy) is 1. The van der Waals surface area contributed by atoms with E-state index in [1.54, 1.807) is 31.4 Å². The van der Waals surface area contributed by atoms with Gasteiger partial charge >= 0.3 is 5.97 Å². The number of fused-ring (bicyclic) bond motifs is 1. The van der Waals surface area contributed by atoms with Gasteiger partial charge in [-0.05, 0) is 29.3 Å². The fraction of sp³-hybridized carbons (Fsp3) is 0.312. The van der Waals surface area contributed by atoms with Crippen LogP contribution in [0.3, 0.4) is 0 Å². The van der Waals surface area contributed by atoms with E-state index in [1.165, 1.54) is 0 Å². The Bertz CT molecular complexity index is 640. The molecule has 0 spiro atoms. The average Bonchev–Trinajstić information content (AvgIpc) is 2.90. The molecule has 2 atom stereocenters. The molecular formula is C16H16ClNO3.